The molecule has 0 fully saturated rings. The van der Waals surface area contributed by atoms with Gasteiger partial charge < -0.3 is 16.4 Å². The van der Waals surface area contributed by atoms with Crippen LogP contribution < -0.4 is 11.5 Å². The van der Waals surface area contributed by atoms with Crippen LogP contribution in [0.4, 0.5) is 0 Å². The third-order valence-corrected chi connectivity index (χ3v) is 3.83. The van der Waals surface area contributed by atoms with E-state index in [1.54, 1.807) is 6.07 Å². The molecular formula is C15H15N3O2. The van der Waals surface area contributed by atoms with Gasteiger partial charge in [-0.3, -0.25) is 9.59 Å². The lowest BCUT2D eigenvalue weighted by Gasteiger charge is -2.35. The monoisotopic (exact) mass is 269 g/mol. The van der Waals surface area contributed by atoms with E-state index in [1.165, 1.54) is 4.90 Å². The fourth-order valence-electron chi connectivity index (χ4n) is 2.60. The minimum absolute atomic E-state index is 0.194. The standard InChI is InChI=1S/C15H15N3O2/c1-8-12(17)13(14(8)19)18-5-4-10-3-2-9(7-16)6-11(10)15(18)20/h2-3,6H,1,4-5,7,16-17H2. The van der Waals surface area contributed by atoms with Gasteiger partial charge in [0.25, 0.3) is 5.91 Å². The van der Waals surface area contributed by atoms with Crippen LogP contribution in [0.2, 0.25) is 0 Å². The van der Waals surface area contributed by atoms with Gasteiger partial charge in [0.05, 0.1) is 5.70 Å². The largest absolute Gasteiger partial charge is 0.396 e. The van der Waals surface area contributed by atoms with E-state index in [2.05, 4.69) is 6.58 Å². The molecule has 3 rings (SSSR count). The second kappa shape index (κ2) is 4.31. The first kappa shape index (κ1) is 12.6. The van der Waals surface area contributed by atoms with Crippen LogP contribution in [0.25, 0.3) is 0 Å². The number of hydrogen-bond acceptors (Lipinski definition) is 4. The molecule has 0 saturated carbocycles. The van der Waals surface area contributed by atoms with Crippen molar-refractivity contribution >= 4 is 11.7 Å². The Bertz CT molecular complexity index is 688. The van der Waals surface area contributed by atoms with Crippen molar-refractivity contribution in [3.8, 4) is 0 Å². The zero-order valence-electron chi connectivity index (χ0n) is 11.0. The van der Waals surface area contributed by atoms with Crippen LogP contribution in [0.1, 0.15) is 21.5 Å². The molecule has 1 aromatic rings. The summed E-state index contributed by atoms with van der Waals surface area (Å²) in [6.45, 7) is 4.41. The number of Topliss-reactive ketones (excluding diaryl/α,β-unsaturated/α-hetero) is 1. The average molecular weight is 269 g/mol. The second-order valence-electron chi connectivity index (χ2n) is 4.97. The number of nitrogens with zero attached hydrogens (tertiary/aromatic N) is 1. The van der Waals surface area contributed by atoms with Gasteiger partial charge in [0.15, 0.2) is 0 Å². The molecule has 1 aliphatic heterocycles. The predicted molar refractivity (Wildman–Crippen MR) is 74.4 cm³/mol. The van der Waals surface area contributed by atoms with E-state index < -0.39 is 0 Å². The molecule has 1 aliphatic carbocycles. The zero-order chi connectivity index (χ0) is 14.4. The Kier molecular flexibility index (Phi) is 2.72. The van der Waals surface area contributed by atoms with Gasteiger partial charge in [-0.25, -0.2) is 0 Å². The van der Waals surface area contributed by atoms with Gasteiger partial charge in [-0.15, -0.1) is 0 Å². The molecule has 0 aromatic heterocycles. The van der Waals surface area contributed by atoms with Crippen molar-refractivity contribution in [2.45, 2.75) is 13.0 Å². The van der Waals surface area contributed by atoms with Crippen molar-refractivity contribution in [3.05, 3.63) is 58.4 Å². The summed E-state index contributed by atoms with van der Waals surface area (Å²) in [7, 11) is 0. The number of allylic oxidation sites excluding steroid dienone is 2. The van der Waals surface area contributed by atoms with Crippen LogP contribution in [0, 0.1) is 0 Å². The molecule has 20 heavy (non-hydrogen) atoms. The predicted octanol–water partition coefficient (Wildman–Crippen LogP) is 0.453. The van der Waals surface area contributed by atoms with Crippen molar-refractivity contribution in [1.29, 1.82) is 0 Å². The lowest BCUT2D eigenvalue weighted by atomic mass is 9.89. The molecule has 5 heteroatoms. The number of nitrogens with two attached hydrogens (primary N) is 2. The Labute approximate surface area is 116 Å². The molecule has 0 bridgehead atoms. The Hall–Kier alpha value is -2.40. The summed E-state index contributed by atoms with van der Waals surface area (Å²) in [4.78, 5) is 25.8. The van der Waals surface area contributed by atoms with Crippen molar-refractivity contribution in [2.24, 2.45) is 11.5 Å². The highest BCUT2D eigenvalue weighted by molar-refractivity contribution is 6.21. The quantitative estimate of drug-likeness (QED) is 0.763. The van der Waals surface area contributed by atoms with Crippen molar-refractivity contribution < 1.29 is 9.59 Å². The number of hydrogen-bond donors (Lipinski definition) is 2. The third kappa shape index (κ3) is 1.60. The van der Waals surface area contributed by atoms with Crippen LogP contribution in [0.15, 0.2) is 41.7 Å². The van der Waals surface area contributed by atoms with E-state index >= 15 is 0 Å². The first-order chi connectivity index (χ1) is 9.54. The molecule has 5 nitrogen and oxygen atoms in total. The van der Waals surface area contributed by atoms with E-state index in [9.17, 15) is 9.59 Å². The lowest BCUT2D eigenvalue weighted by Crippen LogP contribution is -2.45. The highest BCUT2D eigenvalue weighted by Crippen LogP contribution is 2.32. The molecule has 0 saturated heterocycles. The number of fused-ring (bicyclic) bond motifs is 1. The number of ketones is 1. The van der Waals surface area contributed by atoms with Gasteiger partial charge >= 0.3 is 0 Å². The molecule has 102 valence electrons. The van der Waals surface area contributed by atoms with Crippen LogP contribution >= 0.6 is 0 Å². The highest BCUT2D eigenvalue weighted by Gasteiger charge is 2.39. The fourth-order valence-corrected chi connectivity index (χ4v) is 2.60. The Morgan fingerprint density at radius 3 is 2.70 bits per heavy atom. The molecule has 0 unspecified atom stereocenters. The van der Waals surface area contributed by atoms with Gasteiger partial charge in [0, 0.05) is 24.2 Å². The summed E-state index contributed by atoms with van der Waals surface area (Å²) in [6, 6.07) is 5.64. The van der Waals surface area contributed by atoms with Gasteiger partial charge in [0.2, 0.25) is 5.78 Å². The van der Waals surface area contributed by atoms with E-state index in [-0.39, 0.29) is 23.0 Å². The number of carbonyl (C=O) groups is 2. The molecular weight excluding hydrogens is 254 g/mol. The first-order valence-electron chi connectivity index (χ1n) is 6.42. The van der Waals surface area contributed by atoms with Crippen LogP contribution in [-0.4, -0.2) is 23.1 Å². The maximum atomic E-state index is 12.5. The van der Waals surface area contributed by atoms with Crippen molar-refractivity contribution in [3.63, 3.8) is 0 Å². The van der Waals surface area contributed by atoms with E-state index in [1.807, 2.05) is 12.1 Å². The molecule has 1 aromatic carbocycles. The minimum atomic E-state index is -0.241. The number of rotatable bonds is 2. The van der Waals surface area contributed by atoms with Gasteiger partial charge in [-0.05, 0) is 23.6 Å². The zero-order valence-corrected chi connectivity index (χ0v) is 11.0. The van der Waals surface area contributed by atoms with E-state index in [0.717, 1.165) is 11.1 Å². The molecule has 0 spiro atoms. The van der Waals surface area contributed by atoms with Crippen molar-refractivity contribution in [2.75, 3.05) is 6.54 Å². The second-order valence-corrected chi connectivity index (χ2v) is 4.97. The molecule has 1 amide bonds. The van der Waals surface area contributed by atoms with E-state index in [4.69, 9.17) is 11.5 Å². The van der Waals surface area contributed by atoms with Crippen LogP contribution in [-0.2, 0) is 17.8 Å². The molecule has 0 atom stereocenters. The molecule has 4 N–H and O–H groups in total. The number of carbonyl (C=O) groups excluding carboxylic acids is 2. The summed E-state index contributed by atoms with van der Waals surface area (Å²) in [5.74, 6) is -0.436. The summed E-state index contributed by atoms with van der Waals surface area (Å²) < 4.78 is 0. The summed E-state index contributed by atoms with van der Waals surface area (Å²) in [6.07, 6.45) is 0.697. The van der Waals surface area contributed by atoms with E-state index in [0.29, 0.717) is 30.8 Å². The fraction of sp³-hybridized carbons (Fsp3) is 0.200. The van der Waals surface area contributed by atoms with Crippen LogP contribution in [0.5, 0.6) is 0 Å². The minimum Gasteiger partial charge on any atom is -0.396 e. The Morgan fingerprint density at radius 2 is 2.05 bits per heavy atom. The van der Waals surface area contributed by atoms with Crippen LogP contribution in [0.3, 0.4) is 0 Å². The SMILES string of the molecule is C=C1C(=O)C(N2CCc3ccc(CN)cc3C2=O)=C1N. The molecule has 0 radical (unpaired) electrons. The summed E-state index contributed by atoms with van der Waals surface area (Å²) in [5, 5.41) is 0. The summed E-state index contributed by atoms with van der Waals surface area (Å²) in [5.41, 5.74) is 14.7. The smallest absolute Gasteiger partial charge is 0.258 e. The summed E-state index contributed by atoms with van der Waals surface area (Å²) >= 11 is 0. The van der Waals surface area contributed by atoms with Gasteiger partial charge in [-0.1, -0.05) is 18.7 Å². The molecule has 2 aliphatic rings. The lowest BCUT2D eigenvalue weighted by molar-refractivity contribution is -0.114. The van der Waals surface area contributed by atoms with Gasteiger partial charge in [0.1, 0.15) is 5.70 Å². The Morgan fingerprint density at radius 1 is 1.30 bits per heavy atom. The normalized spacial score (nSPS) is 18.2. The van der Waals surface area contributed by atoms with Gasteiger partial charge in [-0.2, -0.15) is 0 Å². The first-order valence-corrected chi connectivity index (χ1v) is 6.42. The van der Waals surface area contributed by atoms with Crippen molar-refractivity contribution in [1.82, 2.24) is 4.90 Å². The molecule has 1 heterocycles. The maximum Gasteiger partial charge on any atom is 0.258 e. The average Bonchev–Trinajstić information content (AvgIpc) is 2.49. The Balaban J connectivity index is 2.01. The topological polar surface area (TPSA) is 89.4 Å². The third-order valence-electron chi connectivity index (χ3n) is 3.83. The maximum absolute atomic E-state index is 12.5. The number of amides is 1. The highest BCUT2D eigenvalue weighted by atomic mass is 16.2. The number of benzene rings is 1.